The van der Waals surface area contributed by atoms with E-state index in [0.717, 1.165) is 31.7 Å². The smallest absolute Gasteiger partial charge is 0.255 e. The number of amides is 3. The van der Waals surface area contributed by atoms with Crippen LogP contribution in [-0.2, 0) is 22.7 Å². The van der Waals surface area contributed by atoms with Gasteiger partial charge in [-0.1, -0.05) is 12.1 Å². The number of piperidine rings is 1. The van der Waals surface area contributed by atoms with Crippen molar-refractivity contribution in [2.24, 2.45) is 0 Å². The van der Waals surface area contributed by atoms with Crippen LogP contribution in [0.25, 0.3) is 0 Å². The van der Waals surface area contributed by atoms with Crippen LogP contribution in [0.5, 0.6) is 0 Å². The Bertz CT molecular complexity index is 763. The summed E-state index contributed by atoms with van der Waals surface area (Å²) in [4.78, 5) is 40.2. The summed E-state index contributed by atoms with van der Waals surface area (Å²) in [5.41, 5.74) is 2.84. The lowest BCUT2D eigenvalue weighted by atomic mass is 10.0. The largest absolute Gasteiger partial charge is 0.322 e. The van der Waals surface area contributed by atoms with Gasteiger partial charge in [0.2, 0.25) is 11.8 Å². The predicted molar refractivity (Wildman–Crippen MR) is 95.2 cm³/mol. The van der Waals surface area contributed by atoms with Crippen molar-refractivity contribution in [1.82, 2.24) is 20.4 Å². The summed E-state index contributed by atoms with van der Waals surface area (Å²) in [6.07, 6.45) is 0.679. The Labute approximate surface area is 152 Å². The topological polar surface area (TPSA) is 81.8 Å². The molecule has 3 aliphatic rings. The first-order valence-corrected chi connectivity index (χ1v) is 9.23. The highest BCUT2D eigenvalue weighted by atomic mass is 16.2. The Kier molecular flexibility index (Phi) is 4.50. The highest BCUT2D eigenvalue weighted by Crippen LogP contribution is 2.28. The fraction of sp³-hybridized carbons (Fsp3) is 0.526. The van der Waals surface area contributed by atoms with Crippen molar-refractivity contribution in [3.63, 3.8) is 0 Å². The minimum absolute atomic E-state index is 0.114. The highest BCUT2D eigenvalue weighted by molar-refractivity contribution is 6.05. The zero-order valence-corrected chi connectivity index (χ0v) is 15.0. The van der Waals surface area contributed by atoms with E-state index in [1.807, 2.05) is 12.1 Å². The number of nitrogens with zero attached hydrogens (tertiary/aromatic N) is 2. The Morgan fingerprint density at radius 1 is 1.23 bits per heavy atom. The number of nitrogens with one attached hydrogen (secondary N) is 2. The molecule has 2 N–H and O–H groups in total. The van der Waals surface area contributed by atoms with Crippen molar-refractivity contribution in [2.45, 2.75) is 44.9 Å². The SMILES string of the molecule is C[C@@H]1CN(Cc2ccc3c(c2)CN(C2CCC(=O)NC2=O)C3=O)CCN1. The maximum absolute atomic E-state index is 12.7. The molecular formula is C19H24N4O3. The zero-order chi connectivity index (χ0) is 18.3. The maximum Gasteiger partial charge on any atom is 0.255 e. The molecule has 1 aromatic carbocycles. The second-order valence-corrected chi connectivity index (χ2v) is 7.48. The minimum atomic E-state index is -0.551. The van der Waals surface area contributed by atoms with E-state index in [-0.39, 0.29) is 24.1 Å². The summed E-state index contributed by atoms with van der Waals surface area (Å²) >= 11 is 0. The first kappa shape index (κ1) is 17.2. The van der Waals surface area contributed by atoms with Crippen LogP contribution in [0.2, 0.25) is 0 Å². The predicted octanol–water partition coefficient (Wildman–Crippen LogP) is 0.241. The van der Waals surface area contributed by atoms with E-state index in [4.69, 9.17) is 0 Å². The van der Waals surface area contributed by atoms with Crippen LogP contribution in [0.1, 0.15) is 41.3 Å². The normalized spacial score (nSPS) is 26.8. The molecule has 1 aromatic rings. The Morgan fingerprint density at radius 3 is 2.85 bits per heavy atom. The fourth-order valence-electron chi connectivity index (χ4n) is 4.14. The number of carbonyl (C=O) groups excluding carboxylic acids is 3. The van der Waals surface area contributed by atoms with E-state index in [2.05, 4.69) is 28.5 Å². The van der Waals surface area contributed by atoms with Crippen LogP contribution >= 0.6 is 0 Å². The van der Waals surface area contributed by atoms with Crippen molar-refractivity contribution in [3.8, 4) is 0 Å². The van der Waals surface area contributed by atoms with E-state index in [9.17, 15) is 14.4 Å². The van der Waals surface area contributed by atoms with Crippen LogP contribution in [0.4, 0.5) is 0 Å². The molecule has 0 aliphatic carbocycles. The lowest BCUT2D eigenvalue weighted by molar-refractivity contribution is -0.136. The molecule has 0 radical (unpaired) electrons. The van der Waals surface area contributed by atoms with E-state index < -0.39 is 6.04 Å². The summed E-state index contributed by atoms with van der Waals surface area (Å²) in [6, 6.07) is 5.92. The van der Waals surface area contributed by atoms with E-state index in [1.165, 1.54) is 5.56 Å². The molecule has 0 saturated carbocycles. The van der Waals surface area contributed by atoms with Crippen LogP contribution in [0.3, 0.4) is 0 Å². The van der Waals surface area contributed by atoms with Gasteiger partial charge in [-0.3, -0.25) is 24.6 Å². The van der Waals surface area contributed by atoms with E-state index in [1.54, 1.807) is 4.90 Å². The van der Waals surface area contributed by atoms with Crippen molar-refractivity contribution >= 4 is 17.7 Å². The molecule has 1 unspecified atom stereocenters. The zero-order valence-electron chi connectivity index (χ0n) is 15.0. The van der Waals surface area contributed by atoms with Crippen molar-refractivity contribution in [3.05, 3.63) is 34.9 Å². The van der Waals surface area contributed by atoms with Gasteiger partial charge < -0.3 is 10.2 Å². The Balaban J connectivity index is 1.48. The number of rotatable bonds is 3. The molecule has 7 nitrogen and oxygen atoms in total. The van der Waals surface area contributed by atoms with Gasteiger partial charge in [-0.2, -0.15) is 0 Å². The van der Waals surface area contributed by atoms with E-state index >= 15 is 0 Å². The van der Waals surface area contributed by atoms with Gasteiger partial charge in [-0.15, -0.1) is 0 Å². The maximum atomic E-state index is 12.7. The highest BCUT2D eigenvalue weighted by Gasteiger charge is 2.39. The first-order valence-electron chi connectivity index (χ1n) is 9.23. The van der Waals surface area contributed by atoms with Crippen LogP contribution in [-0.4, -0.2) is 59.2 Å². The third kappa shape index (κ3) is 3.24. The molecule has 2 fully saturated rings. The molecule has 26 heavy (non-hydrogen) atoms. The van der Waals surface area contributed by atoms with Gasteiger partial charge in [0, 0.05) is 50.7 Å². The summed E-state index contributed by atoms with van der Waals surface area (Å²) in [5, 5.41) is 5.78. The van der Waals surface area contributed by atoms with Gasteiger partial charge in [-0.05, 0) is 30.5 Å². The van der Waals surface area contributed by atoms with Crippen LogP contribution < -0.4 is 10.6 Å². The molecule has 4 rings (SSSR count). The summed E-state index contributed by atoms with van der Waals surface area (Å²) < 4.78 is 0. The number of carbonyl (C=O) groups is 3. The summed E-state index contributed by atoms with van der Waals surface area (Å²) in [5.74, 6) is -0.739. The second kappa shape index (κ2) is 6.81. The molecule has 138 valence electrons. The Hall–Kier alpha value is -2.25. The van der Waals surface area contributed by atoms with E-state index in [0.29, 0.717) is 24.6 Å². The van der Waals surface area contributed by atoms with Gasteiger partial charge >= 0.3 is 0 Å². The number of piperazine rings is 1. The van der Waals surface area contributed by atoms with Gasteiger partial charge in [0.05, 0.1) is 0 Å². The first-order chi connectivity index (χ1) is 12.5. The number of hydrogen-bond acceptors (Lipinski definition) is 5. The van der Waals surface area contributed by atoms with Crippen molar-refractivity contribution in [2.75, 3.05) is 19.6 Å². The molecule has 0 aromatic heterocycles. The summed E-state index contributed by atoms with van der Waals surface area (Å²) in [7, 11) is 0. The third-order valence-electron chi connectivity index (χ3n) is 5.45. The van der Waals surface area contributed by atoms with Crippen molar-refractivity contribution in [1.29, 1.82) is 0 Å². The third-order valence-corrected chi connectivity index (χ3v) is 5.45. The number of imide groups is 1. The van der Waals surface area contributed by atoms with Crippen LogP contribution in [0.15, 0.2) is 18.2 Å². The number of fused-ring (bicyclic) bond motifs is 1. The average molecular weight is 356 g/mol. The lowest BCUT2D eigenvalue weighted by Gasteiger charge is -2.31. The lowest BCUT2D eigenvalue weighted by Crippen LogP contribution is -2.52. The van der Waals surface area contributed by atoms with Crippen LogP contribution in [0, 0.1) is 0 Å². The number of hydrogen-bond donors (Lipinski definition) is 2. The molecule has 3 aliphatic heterocycles. The number of benzene rings is 1. The van der Waals surface area contributed by atoms with Gasteiger partial charge in [0.15, 0.2) is 0 Å². The molecule has 0 bridgehead atoms. The van der Waals surface area contributed by atoms with Gasteiger partial charge in [-0.25, -0.2) is 0 Å². The van der Waals surface area contributed by atoms with Crippen molar-refractivity contribution < 1.29 is 14.4 Å². The molecule has 7 heteroatoms. The molecule has 3 amide bonds. The summed E-state index contributed by atoms with van der Waals surface area (Å²) in [6.45, 7) is 6.51. The molecule has 0 spiro atoms. The quantitative estimate of drug-likeness (QED) is 0.759. The monoisotopic (exact) mass is 356 g/mol. The van der Waals surface area contributed by atoms with Gasteiger partial charge in [0.1, 0.15) is 6.04 Å². The minimum Gasteiger partial charge on any atom is -0.322 e. The molecular weight excluding hydrogens is 332 g/mol. The van der Waals surface area contributed by atoms with Gasteiger partial charge in [0.25, 0.3) is 5.91 Å². The molecule has 2 atom stereocenters. The second-order valence-electron chi connectivity index (χ2n) is 7.48. The average Bonchev–Trinajstić information content (AvgIpc) is 2.91. The fourth-order valence-corrected chi connectivity index (χ4v) is 4.14. The Morgan fingerprint density at radius 2 is 2.08 bits per heavy atom. The molecule has 3 heterocycles. The molecule has 2 saturated heterocycles. The standard InChI is InChI=1S/C19H24N4O3/c1-12-9-22(7-6-20-12)10-13-2-3-15-14(8-13)11-23(19(15)26)16-4-5-17(24)21-18(16)25/h2-3,8,12,16,20H,4-7,9-11H2,1H3,(H,21,24,25)/t12-,16?/m1/s1.